The van der Waals surface area contributed by atoms with E-state index in [1.165, 1.54) is 17.2 Å². The third-order valence-electron chi connectivity index (χ3n) is 6.23. The zero-order valence-corrected chi connectivity index (χ0v) is 19.8. The van der Waals surface area contributed by atoms with E-state index in [-0.39, 0.29) is 24.8 Å². The van der Waals surface area contributed by atoms with Crippen LogP contribution in [0.1, 0.15) is 38.8 Å². The summed E-state index contributed by atoms with van der Waals surface area (Å²) in [5.74, 6) is 0.985. The standard InChI is InChI=1S/C25H27F3N6O/c1-15(2)35-19-6-4-5-16-7-9-18(30-21(16)19)23-32-31-20-10-8-17(13-34(20)23)22(25(26,27)28)33-12-11-24(3,29)14-33/h4-10,13,15,22H,11-12,14,29H2,1-3H3/t22-,24+/m1/s1. The molecule has 0 radical (unpaired) electrons. The zero-order chi connectivity index (χ0) is 25.0. The highest BCUT2D eigenvalue weighted by Gasteiger charge is 2.48. The Labute approximate surface area is 200 Å². The maximum atomic E-state index is 14.2. The highest BCUT2D eigenvalue weighted by Crippen LogP contribution is 2.41. The lowest BCUT2D eigenvalue weighted by atomic mass is 10.0. The third kappa shape index (κ3) is 4.55. The van der Waals surface area contributed by atoms with Crippen molar-refractivity contribution in [2.24, 2.45) is 5.73 Å². The average molecular weight is 485 g/mol. The number of fused-ring (bicyclic) bond motifs is 2. The van der Waals surface area contributed by atoms with Gasteiger partial charge in [-0.25, -0.2) is 4.98 Å². The van der Waals surface area contributed by atoms with Crippen LogP contribution in [0.2, 0.25) is 0 Å². The molecule has 184 valence electrons. The van der Waals surface area contributed by atoms with Gasteiger partial charge in [-0.1, -0.05) is 24.3 Å². The summed E-state index contributed by atoms with van der Waals surface area (Å²) in [6.07, 6.45) is -2.55. The Morgan fingerprint density at radius 2 is 1.89 bits per heavy atom. The lowest BCUT2D eigenvalue weighted by molar-refractivity contribution is -0.184. The normalized spacial score (nSPS) is 20.2. The number of alkyl halides is 3. The molecule has 1 aliphatic rings. The van der Waals surface area contributed by atoms with Gasteiger partial charge < -0.3 is 10.5 Å². The molecule has 2 atom stereocenters. The number of pyridine rings is 2. The number of rotatable bonds is 5. The summed E-state index contributed by atoms with van der Waals surface area (Å²) < 4.78 is 50.2. The summed E-state index contributed by atoms with van der Waals surface area (Å²) in [6, 6.07) is 10.6. The van der Waals surface area contributed by atoms with Crippen LogP contribution < -0.4 is 10.5 Å². The molecular weight excluding hydrogens is 457 g/mol. The summed E-state index contributed by atoms with van der Waals surface area (Å²) >= 11 is 0. The Hall–Kier alpha value is -3.24. The van der Waals surface area contributed by atoms with Crippen molar-refractivity contribution in [2.75, 3.05) is 13.1 Å². The lowest BCUT2D eigenvalue weighted by Gasteiger charge is -2.31. The molecule has 3 aromatic heterocycles. The molecule has 4 aromatic rings. The molecule has 1 fully saturated rings. The zero-order valence-electron chi connectivity index (χ0n) is 19.8. The predicted molar refractivity (Wildman–Crippen MR) is 127 cm³/mol. The van der Waals surface area contributed by atoms with Gasteiger partial charge in [0.2, 0.25) is 0 Å². The van der Waals surface area contributed by atoms with Crippen LogP contribution in [0.25, 0.3) is 28.1 Å². The number of ether oxygens (including phenoxy) is 1. The van der Waals surface area contributed by atoms with Gasteiger partial charge in [-0.05, 0) is 51.0 Å². The molecule has 7 nitrogen and oxygen atoms in total. The number of benzene rings is 1. The number of hydrogen-bond acceptors (Lipinski definition) is 6. The van der Waals surface area contributed by atoms with Crippen molar-refractivity contribution in [3.05, 3.63) is 54.2 Å². The Balaban J connectivity index is 1.60. The number of aromatic nitrogens is 4. The van der Waals surface area contributed by atoms with Gasteiger partial charge in [0.25, 0.3) is 0 Å². The van der Waals surface area contributed by atoms with Crippen molar-refractivity contribution < 1.29 is 17.9 Å². The molecule has 4 heterocycles. The monoisotopic (exact) mass is 484 g/mol. The number of hydrogen-bond donors (Lipinski definition) is 1. The van der Waals surface area contributed by atoms with Crippen molar-refractivity contribution in [3.63, 3.8) is 0 Å². The Morgan fingerprint density at radius 1 is 1.09 bits per heavy atom. The van der Waals surface area contributed by atoms with E-state index in [1.807, 2.05) is 38.1 Å². The van der Waals surface area contributed by atoms with E-state index < -0.39 is 17.8 Å². The highest BCUT2D eigenvalue weighted by atomic mass is 19.4. The Bertz CT molecular complexity index is 1380. The Morgan fingerprint density at radius 3 is 2.57 bits per heavy atom. The van der Waals surface area contributed by atoms with Crippen molar-refractivity contribution in [1.82, 2.24) is 24.5 Å². The molecule has 0 unspecified atom stereocenters. The fourth-order valence-corrected chi connectivity index (χ4v) is 4.69. The molecule has 0 amide bonds. The molecule has 1 aliphatic heterocycles. The predicted octanol–water partition coefficient (Wildman–Crippen LogP) is 4.76. The van der Waals surface area contributed by atoms with Gasteiger partial charge in [0, 0.05) is 30.2 Å². The molecule has 1 saturated heterocycles. The van der Waals surface area contributed by atoms with Gasteiger partial charge in [-0.2, -0.15) is 13.2 Å². The second kappa shape index (κ2) is 8.46. The molecule has 1 aromatic carbocycles. The molecule has 0 aliphatic carbocycles. The van der Waals surface area contributed by atoms with Crippen LogP contribution in [0, 0.1) is 0 Å². The first-order valence-electron chi connectivity index (χ1n) is 11.5. The van der Waals surface area contributed by atoms with Gasteiger partial charge in [0.15, 0.2) is 11.5 Å². The second-order valence-corrected chi connectivity index (χ2v) is 9.72. The van der Waals surface area contributed by atoms with E-state index in [0.717, 1.165) is 5.39 Å². The van der Waals surface area contributed by atoms with E-state index in [0.29, 0.717) is 34.9 Å². The van der Waals surface area contributed by atoms with E-state index in [1.54, 1.807) is 23.5 Å². The summed E-state index contributed by atoms with van der Waals surface area (Å²) in [5, 5.41) is 9.28. The molecular formula is C25H27F3N6O. The van der Waals surface area contributed by atoms with Gasteiger partial charge in [0.05, 0.1) is 6.10 Å². The van der Waals surface area contributed by atoms with Crippen LogP contribution in [0.3, 0.4) is 0 Å². The molecule has 5 rings (SSSR count). The van der Waals surface area contributed by atoms with Gasteiger partial charge >= 0.3 is 6.18 Å². The maximum Gasteiger partial charge on any atom is 0.408 e. The van der Waals surface area contributed by atoms with Gasteiger partial charge in [-0.3, -0.25) is 9.30 Å². The van der Waals surface area contributed by atoms with Crippen LogP contribution in [0.4, 0.5) is 13.2 Å². The van der Waals surface area contributed by atoms with Crippen molar-refractivity contribution in [3.8, 4) is 17.3 Å². The van der Waals surface area contributed by atoms with Crippen LogP contribution in [0.15, 0.2) is 48.7 Å². The van der Waals surface area contributed by atoms with E-state index in [4.69, 9.17) is 15.5 Å². The first-order chi connectivity index (χ1) is 16.5. The lowest BCUT2D eigenvalue weighted by Crippen LogP contribution is -2.43. The minimum Gasteiger partial charge on any atom is -0.489 e. The quantitative estimate of drug-likeness (QED) is 0.440. The topological polar surface area (TPSA) is 81.6 Å². The van der Waals surface area contributed by atoms with Gasteiger partial charge in [0.1, 0.15) is 23.0 Å². The average Bonchev–Trinajstić information content (AvgIpc) is 3.35. The number of likely N-dealkylation sites (tertiary alicyclic amines) is 1. The smallest absolute Gasteiger partial charge is 0.408 e. The fourth-order valence-electron chi connectivity index (χ4n) is 4.69. The minimum atomic E-state index is -4.47. The second-order valence-electron chi connectivity index (χ2n) is 9.72. The molecule has 10 heteroatoms. The third-order valence-corrected chi connectivity index (χ3v) is 6.23. The van der Waals surface area contributed by atoms with Crippen LogP contribution in [-0.2, 0) is 0 Å². The van der Waals surface area contributed by atoms with Gasteiger partial charge in [-0.15, -0.1) is 10.2 Å². The first kappa shape index (κ1) is 23.5. The largest absolute Gasteiger partial charge is 0.489 e. The minimum absolute atomic E-state index is 0.0391. The SMILES string of the molecule is CC(C)Oc1cccc2ccc(-c3nnc4ccc([C@@H](N5CC[C@](C)(N)C5)C(F)(F)F)cn34)nc12. The van der Waals surface area contributed by atoms with E-state index >= 15 is 0 Å². The number of nitrogens with zero attached hydrogens (tertiary/aromatic N) is 5. The van der Waals surface area contributed by atoms with Crippen molar-refractivity contribution in [2.45, 2.75) is 51.1 Å². The summed E-state index contributed by atoms with van der Waals surface area (Å²) in [4.78, 5) is 6.14. The first-order valence-corrected chi connectivity index (χ1v) is 11.5. The summed E-state index contributed by atoms with van der Waals surface area (Å²) in [6.45, 7) is 6.08. The number of halogens is 3. The van der Waals surface area contributed by atoms with Crippen molar-refractivity contribution >= 4 is 16.6 Å². The van der Waals surface area contributed by atoms with Crippen LogP contribution in [-0.4, -0.2) is 55.4 Å². The fraction of sp³-hybridized carbons (Fsp3) is 0.400. The molecule has 2 N–H and O–H groups in total. The van der Waals surface area contributed by atoms with E-state index in [9.17, 15) is 13.2 Å². The molecule has 0 saturated carbocycles. The van der Waals surface area contributed by atoms with Crippen LogP contribution in [0.5, 0.6) is 5.75 Å². The van der Waals surface area contributed by atoms with Crippen molar-refractivity contribution in [1.29, 1.82) is 0 Å². The van der Waals surface area contributed by atoms with Crippen LogP contribution >= 0.6 is 0 Å². The number of para-hydroxylation sites is 1. The molecule has 0 bridgehead atoms. The number of nitrogens with two attached hydrogens (primary N) is 1. The summed E-state index contributed by atoms with van der Waals surface area (Å²) in [5.41, 5.74) is 7.16. The maximum absolute atomic E-state index is 14.2. The Kier molecular flexibility index (Phi) is 5.68. The highest BCUT2D eigenvalue weighted by molar-refractivity contribution is 5.86. The molecule has 35 heavy (non-hydrogen) atoms. The molecule has 0 spiro atoms. The summed E-state index contributed by atoms with van der Waals surface area (Å²) in [7, 11) is 0. The van der Waals surface area contributed by atoms with E-state index in [2.05, 4.69) is 10.2 Å².